The third-order valence-corrected chi connectivity index (χ3v) is 1.94. The Morgan fingerprint density at radius 3 is 2.33 bits per heavy atom. The predicted octanol–water partition coefficient (Wildman–Crippen LogP) is -0.498. The molecule has 0 aliphatic rings. The van der Waals surface area contributed by atoms with Crippen LogP contribution >= 0.6 is 0 Å². The van der Waals surface area contributed by atoms with E-state index in [9.17, 15) is 13.2 Å². The quantitative estimate of drug-likeness (QED) is 0.360. The second-order valence-corrected chi connectivity index (χ2v) is 3.85. The first-order valence-corrected chi connectivity index (χ1v) is 4.86. The normalized spacial score (nSPS) is 11.2. The van der Waals surface area contributed by atoms with Crippen LogP contribution in [-0.4, -0.2) is 41.4 Å². The van der Waals surface area contributed by atoms with Crippen molar-refractivity contribution in [2.24, 2.45) is 0 Å². The van der Waals surface area contributed by atoms with Crippen molar-refractivity contribution in [2.45, 2.75) is 13.3 Å². The third-order valence-electron chi connectivity index (χ3n) is 1.14. The Hall–Kier alpha value is -0.660. The van der Waals surface area contributed by atoms with Gasteiger partial charge in [-0.3, -0.25) is 14.6 Å². The number of hydroxylamine groups is 2. The summed E-state index contributed by atoms with van der Waals surface area (Å²) in [4.78, 5) is 10.4. The summed E-state index contributed by atoms with van der Waals surface area (Å²) >= 11 is 0. The monoisotopic (exact) mass is 197 g/mol. The second kappa shape index (κ2) is 4.39. The number of rotatable bonds is 4. The molecule has 6 nitrogen and oxygen atoms in total. The van der Waals surface area contributed by atoms with Crippen LogP contribution in [0.2, 0.25) is 0 Å². The van der Waals surface area contributed by atoms with Gasteiger partial charge >= 0.3 is 0 Å². The molecule has 0 fully saturated rings. The van der Waals surface area contributed by atoms with E-state index in [2.05, 4.69) is 0 Å². The van der Waals surface area contributed by atoms with Crippen molar-refractivity contribution < 1.29 is 23.0 Å². The largest absolute Gasteiger partial charge is 0.286 e. The van der Waals surface area contributed by atoms with Crippen LogP contribution in [0.1, 0.15) is 13.3 Å². The molecular weight excluding hydrogens is 186 g/mol. The molecule has 0 atom stereocenters. The number of carbonyl (C=O) groups is 1. The van der Waals surface area contributed by atoms with Crippen LogP contribution in [0, 0.1) is 0 Å². The van der Waals surface area contributed by atoms with Gasteiger partial charge in [-0.05, 0) is 6.42 Å². The summed E-state index contributed by atoms with van der Waals surface area (Å²) in [6.45, 7) is 1.04. The molecule has 0 saturated heterocycles. The summed E-state index contributed by atoms with van der Waals surface area (Å²) in [5, 5.41) is 9.12. The Kier molecular flexibility index (Phi) is 4.15. The van der Waals surface area contributed by atoms with Gasteiger partial charge in [0.25, 0.3) is 10.1 Å². The van der Waals surface area contributed by atoms with Gasteiger partial charge in [0.1, 0.15) is 0 Å². The van der Waals surface area contributed by atoms with E-state index in [0.717, 1.165) is 6.92 Å². The lowest BCUT2D eigenvalue weighted by molar-refractivity contribution is -0.162. The molecular formula is C5H11NO5S. The fourth-order valence-electron chi connectivity index (χ4n) is 0.554. The summed E-state index contributed by atoms with van der Waals surface area (Å²) in [5.41, 5.74) is 0. The molecule has 0 bridgehead atoms. The van der Waals surface area contributed by atoms with E-state index >= 15 is 0 Å². The van der Waals surface area contributed by atoms with Gasteiger partial charge in [-0.2, -0.15) is 8.42 Å². The van der Waals surface area contributed by atoms with E-state index < -0.39 is 21.8 Å². The van der Waals surface area contributed by atoms with Gasteiger partial charge < -0.3 is 0 Å². The van der Waals surface area contributed by atoms with Crippen molar-refractivity contribution in [2.75, 3.05) is 12.3 Å². The SMILES string of the molecule is CC(=O)N(O)CCCS(=O)(=O)O. The highest BCUT2D eigenvalue weighted by atomic mass is 32.2. The molecule has 0 aromatic heterocycles. The topological polar surface area (TPSA) is 94.9 Å². The summed E-state index contributed by atoms with van der Waals surface area (Å²) in [6.07, 6.45) is 0.00884. The fraction of sp³-hybridized carbons (Fsp3) is 0.800. The molecule has 0 aliphatic carbocycles. The third kappa shape index (κ3) is 6.08. The first-order chi connectivity index (χ1) is 5.33. The van der Waals surface area contributed by atoms with Crippen molar-refractivity contribution in [3.63, 3.8) is 0 Å². The van der Waals surface area contributed by atoms with Crippen molar-refractivity contribution >= 4 is 16.0 Å². The van der Waals surface area contributed by atoms with Crippen molar-refractivity contribution in [3.05, 3.63) is 0 Å². The number of amides is 1. The van der Waals surface area contributed by atoms with Crippen LogP contribution in [0.15, 0.2) is 0 Å². The molecule has 0 heterocycles. The highest BCUT2D eigenvalue weighted by molar-refractivity contribution is 7.85. The van der Waals surface area contributed by atoms with E-state index in [0.29, 0.717) is 5.06 Å². The van der Waals surface area contributed by atoms with Gasteiger partial charge in [0, 0.05) is 13.5 Å². The van der Waals surface area contributed by atoms with Crippen molar-refractivity contribution in [3.8, 4) is 0 Å². The van der Waals surface area contributed by atoms with E-state index in [1.54, 1.807) is 0 Å². The fourth-order valence-corrected chi connectivity index (χ4v) is 1.05. The van der Waals surface area contributed by atoms with Gasteiger partial charge in [0.05, 0.1) is 5.75 Å². The minimum atomic E-state index is -3.99. The zero-order valence-corrected chi connectivity index (χ0v) is 7.41. The summed E-state index contributed by atoms with van der Waals surface area (Å²) < 4.78 is 28.6. The van der Waals surface area contributed by atoms with Crippen LogP contribution < -0.4 is 0 Å². The first-order valence-electron chi connectivity index (χ1n) is 3.25. The molecule has 7 heteroatoms. The standard InChI is InChI=1S/C5H11NO5S/c1-5(7)6(8)3-2-4-12(9,10)11/h8H,2-4H2,1H3,(H,9,10,11). The van der Waals surface area contributed by atoms with Gasteiger partial charge in [-0.25, -0.2) is 5.06 Å². The summed E-state index contributed by atoms with van der Waals surface area (Å²) in [6, 6.07) is 0. The Morgan fingerprint density at radius 1 is 1.50 bits per heavy atom. The minimum absolute atomic E-state index is 0.00884. The number of hydrogen-bond acceptors (Lipinski definition) is 4. The first kappa shape index (κ1) is 11.3. The maximum atomic E-state index is 10.4. The van der Waals surface area contributed by atoms with E-state index in [4.69, 9.17) is 9.76 Å². The van der Waals surface area contributed by atoms with Crippen molar-refractivity contribution in [1.82, 2.24) is 5.06 Å². The Balaban J connectivity index is 3.65. The molecule has 0 spiro atoms. The second-order valence-electron chi connectivity index (χ2n) is 2.28. The van der Waals surface area contributed by atoms with Crippen LogP contribution in [0.3, 0.4) is 0 Å². The highest BCUT2D eigenvalue weighted by Gasteiger charge is 2.07. The predicted molar refractivity (Wildman–Crippen MR) is 40.2 cm³/mol. The smallest absolute Gasteiger partial charge is 0.264 e. The lowest BCUT2D eigenvalue weighted by atomic mass is 10.4. The molecule has 12 heavy (non-hydrogen) atoms. The molecule has 0 rings (SSSR count). The van der Waals surface area contributed by atoms with E-state index in [-0.39, 0.29) is 13.0 Å². The average Bonchev–Trinajstić information content (AvgIpc) is 1.84. The number of hydrogen-bond donors (Lipinski definition) is 2. The average molecular weight is 197 g/mol. The lowest BCUT2D eigenvalue weighted by Crippen LogP contribution is -2.26. The van der Waals surface area contributed by atoms with E-state index in [1.165, 1.54) is 0 Å². The van der Waals surface area contributed by atoms with Crippen LogP contribution in [0.4, 0.5) is 0 Å². The van der Waals surface area contributed by atoms with Gasteiger partial charge in [-0.1, -0.05) is 0 Å². The Labute approximate surface area is 70.5 Å². The molecule has 0 radical (unpaired) electrons. The Morgan fingerprint density at radius 2 is 2.00 bits per heavy atom. The van der Waals surface area contributed by atoms with Crippen molar-refractivity contribution in [1.29, 1.82) is 0 Å². The van der Waals surface area contributed by atoms with E-state index in [1.807, 2.05) is 0 Å². The maximum absolute atomic E-state index is 10.4. The zero-order valence-electron chi connectivity index (χ0n) is 6.60. The number of nitrogens with zero attached hydrogens (tertiary/aromatic N) is 1. The highest BCUT2D eigenvalue weighted by Crippen LogP contribution is 1.91. The van der Waals surface area contributed by atoms with Crippen LogP contribution in [0.5, 0.6) is 0 Å². The minimum Gasteiger partial charge on any atom is -0.286 e. The number of carbonyl (C=O) groups excluding carboxylic acids is 1. The molecule has 2 N–H and O–H groups in total. The molecule has 0 unspecified atom stereocenters. The van der Waals surface area contributed by atoms with Gasteiger partial charge in [0.2, 0.25) is 5.91 Å². The molecule has 0 aromatic carbocycles. The molecule has 0 aromatic rings. The molecule has 0 aliphatic heterocycles. The molecule has 0 saturated carbocycles. The van der Waals surface area contributed by atoms with Gasteiger partial charge in [0.15, 0.2) is 0 Å². The van der Waals surface area contributed by atoms with Gasteiger partial charge in [-0.15, -0.1) is 0 Å². The molecule has 72 valence electrons. The molecule has 1 amide bonds. The van der Waals surface area contributed by atoms with Crippen LogP contribution in [0.25, 0.3) is 0 Å². The lowest BCUT2D eigenvalue weighted by Gasteiger charge is -2.10. The van der Waals surface area contributed by atoms with Crippen LogP contribution in [-0.2, 0) is 14.9 Å². The summed E-state index contributed by atoms with van der Waals surface area (Å²) in [7, 11) is -3.99. The zero-order chi connectivity index (χ0) is 9.78. The Bertz CT molecular complexity index is 247. The maximum Gasteiger partial charge on any atom is 0.264 e. The summed E-state index contributed by atoms with van der Waals surface area (Å²) in [5.74, 6) is -1.03.